The Kier molecular flexibility index (Phi) is 59.4. The number of aliphatic hydroxyl groups excluding tert-OH is 1. The van der Waals surface area contributed by atoms with Gasteiger partial charge in [0.2, 0.25) is 0 Å². The summed E-state index contributed by atoms with van der Waals surface area (Å²) in [6, 6.07) is 0. The van der Waals surface area contributed by atoms with Crippen LogP contribution in [-0.4, -0.2) is 96.7 Å². The lowest BCUT2D eigenvalue weighted by molar-refractivity contribution is -0.161. The Hall–Kier alpha value is -1.94. The lowest BCUT2D eigenvalue weighted by atomic mass is 9.99. The number of esters is 4. The third kappa shape index (κ3) is 63.5. The van der Waals surface area contributed by atoms with Crippen molar-refractivity contribution in [3.8, 4) is 0 Å². The molecule has 0 bridgehead atoms. The molecule has 0 aliphatic rings. The summed E-state index contributed by atoms with van der Waals surface area (Å²) in [7, 11) is -9.90. The lowest BCUT2D eigenvalue weighted by Crippen LogP contribution is -2.30. The molecular weight excluding hydrogens is 1190 g/mol. The summed E-state index contributed by atoms with van der Waals surface area (Å²) in [4.78, 5) is 72.6. The summed E-state index contributed by atoms with van der Waals surface area (Å²) < 4.78 is 68.3. The Bertz CT molecular complexity index is 1780. The van der Waals surface area contributed by atoms with Gasteiger partial charge in [-0.1, -0.05) is 299 Å². The minimum Gasteiger partial charge on any atom is -0.462 e. The molecule has 0 radical (unpaired) electrons. The summed E-state index contributed by atoms with van der Waals surface area (Å²) in [6.07, 6.45) is 43.1. The number of hydrogen-bond donors (Lipinski definition) is 3. The molecule has 0 aliphatic heterocycles. The molecule has 0 aromatic rings. The molecule has 0 heterocycles. The van der Waals surface area contributed by atoms with Crippen LogP contribution in [0.15, 0.2) is 0 Å². The fourth-order valence-corrected chi connectivity index (χ4v) is 12.2. The van der Waals surface area contributed by atoms with Gasteiger partial charge in [0.05, 0.1) is 26.4 Å². The molecule has 19 heteroatoms. The van der Waals surface area contributed by atoms with E-state index < -0.39 is 97.5 Å². The van der Waals surface area contributed by atoms with E-state index in [4.69, 9.17) is 37.0 Å². The van der Waals surface area contributed by atoms with E-state index in [-0.39, 0.29) is 25.7 Å². The smallest absolute Gasteiger partial charge is 0.462 e. The molecule has 6 atom stereocenters. The zero-order valence-corrected chi connectivity index (χ0v) is 60.6. The normalized spacial score (nSPS) is 14.6. The van der Waals surface area contributed by atoms with Crippen molar-refractivity contribution in [1.82, 2.24) is 0 Å². The second-order valence-corrected chi connectivity index (χ2v) is 30.2. The van der Waals surface area contributed by atoms with Gasteiger partial charge in [0.15, 0.2) is 12.2 Å². The number of hydrogen-bond acceptors (Lipinski definition) is 15. The van der Waals surface area contributed by atoms with Gasteiger partial charge >= 0.3 is 39.5 Å². The molecule has 0 aromatic carbocycles. The molecule has 0 spiro atoms. The molecule has 3 N–H and O–H groups in total. The predicted octanol–water partition coefficient (Wildman–Crippen LogP) is 20.1. The van der Waals surface area contributed by atoms with Crippen LogP contribution in [0.25, 0.3) is 0 Å². The zero-order valence-electron chi connectivity index (χ0n) is 58.8. The Morgan fingerprint density at radius 2 is 0.533 bits per heavy atom. The van der Waals surface area contributed by atoms with Gasteiger partial charge in [0.1, 0.15) is 19.3 Å². The first-order chi connectivity index (χ1) is 43.1. The maximum Gasteiger partial charge on any atom is 0.472 e. The molecule has 90 heavy (non-hydrogen) atoms. The summed E-state index contributed by atoms with van der Waals surface area (Å²) in [5, 5.41) is 10.6. The maximum absolute atomic E-state index is 13.0. The van der Waals surface area contributed by atoms with Crippen LogP contribution >= 0.6 is 15.6 Å². The quantitative estimate of drug-likeness (QED) is 0.0222. The molecule has 0 rings (SSSR count). The van der Waals surface area contributed by atoms with Gasteiger partial charge in [-0.3, -0.25) is 37.3 Å². The van der Waals surface area contributed by atoms with E-state index in [0.717, 1.165) is 114 Å². The van der Waals surface area contributed by atoms with Crippen LogP contribution in [0, 0.1) is 23.7 Å². The largest absolute Gasteiger partial charge is 0.472 e. The number of phosphoric ester groups is 2. The number of phosphoric acid groups is 2. The average Bonchev–Trinajstić information content (AvgIpc) is 2.90. The topological polar surface area (TPSA) is 237 Å². The highest BCUT2D eigenvalue weighted by molar-refractivity contribution is 7.47. The Labute approximate surface area is 549 Å². The van der Waals surface area contributed by atoms with Crippen LogP contribution in [0.2, 0.25) is 0 Å². The fourth-order valence-electron chi connectivity index (χ4n) is 10.6. The van der Waals surface area contributed by atoms with Crippen molar-refractivity contribution >= 4 is 39.5 Å². The molecule has 0 aromatic heterocycles. The second-order valence-electron chi connectivity index (χ2n) is 27.3. The van der Waals surface area contributed by atoms with Gasteiger partial charge in [-0.2, -0.15) is 0 Å². The summed E-state index contributed by atoms with van der Waals surface area (Å²) in [6.45, 7) is 14.1. The van der Waals surface area contributed by atoms with E-state index in [1.54, 1.807) is 0 Å². The zero-order chi connectivity index (χ0) is 66.8. The number of aliphatic hydroxyl groups is 1. The van der Waals surface area contributed by atoms with E-state index in [1.165, 1.54) is 154 Å². The van der Waals surface area contributed by atoms with Crippen LogP contribution in [0.5, 0.6) is 0 Å². The number of rotatable bonds is 68. The van der Waals surface area contributed by atoms with Crippen LogP contribution < -0.4 is 0 Å². The van der Waals surface area contributed by atoms with Crippen molar-refractivity contribution in [3.63, 3.8) is 0 Å². The van der Waals surface area contributed by atoms with Gasteiger partial charge in [-0.25, -0.2) is 9.13 Å². The van der Waals surface area contributed by atoms with Crippen LogP contribution in [0.1, 0.15) is 351 Å². The van der Waals surface area contributed by atoms with E-state index in [2.05, 4.69) is 55.4 Å². The van der Waals surface area contributed by atoms with Crippen LogP contribution in [0.4, 0.5) is 0 Å². The predicted molar refractivity (Wildman–Crippen MR) is 363 cm³/mol. The monoisotopic (exact) mass is 1320 g/mol. The molecule has 4 unspecified atom stereocenters. The summed E-state index contributed by atoms with van der Waals surface area (Å²) >= 11 is 0. The van der Waals surface area contributed by atoms with E-state index in [1.807, 2.05) is 0 Å². The van der Waals surface area contributed by atoms with Gasteiger partial charge in [-0.15, -0.1) is 0 Å². The SMILES string of the molecule is CCC(C)CCCCCCCCCCC(=O)O[C@H](COC(=O)CCCCCCCCCCC(C)C)COP(=O)(O)OCC(O)COP(=O)(O)OC[C@@H](COC(=O)CCCCCCCCCCCCCCCC(C)C)OC(=O)CCCCCCCCCCC(C)C. The first-order valence-corrected chi connectivity index (χ1v) is 39.7. The first-order valence-electron chi connectivity index (χ1n) is 36.7. The molecule has 0 amide bonds. The minimum atomic E-state index is -4.95. The van der Waals surface area contributed by atoms with Crippen molar-refractivity contribution in [1.29, 1.82) is 0 Å². The van der Waals surface area contributed by atoms with Crippen molar-refractivity contribution < 1.29 is 80.2 Å². The number of ether oxygens (including phenoxy) is 4. The van der Waals surface area contributed by atoms with E-state index in [0.29, 0.717) is 25.7 Å². The molecule has 0 fully saturated rings. The Morgan fingerprint density at radius 3 is 0.789 bits per heavy atom. The highest BCUT2D eigenvalue weighted by atomic mass is 31.2. The van der Waals surface area contributed by atoms with Crippen LogP contribution in [-0.2, 0) is 65.4 Å². The van der Waals surface area contributed by atoms with Crippen molar-refractivity contribution in [2.45, 2.75) is 369 Å². The van der Waals surface area contributed by atoms with Crippen molar-refractivity contribution in [2.75, 3.05) is 39.6 Å². The molecule has 0 saturated heterocycles. The average molecular weight is 1330 g/mol. The highest BCUT2D eigenvalue weighted by Crippen LogP contribution is 2.45. The fraction of sp³-hybridized carbons (Fsp3) is 0.944. The van der Waals surface area contributed by atoms with Gasteiger partial charge < -0.3 is 33.8 Å². The first kappa shape index (κ1) is 88.1. The maximum atomic E-state index is 13.0. The number of unbranched alkanes of at least 4 members (excludes halogenated alkanes) is 33. The third-order valence-electron chi connectivity index (χ3n) is 16.7. The lowest BCUT2D eigenvalue weighted by Gasteiger charge is -2.21. The summed E-state index contributed by atoms with van der Waals surface area (Å²) in [5.74, 6) is 0.875. The van der Waals surface area contributed by atoms with Crippen molar-refractivity contribution in [2.24, 2.45) is 23.7 Å². The van der Waals surface area contributed by atoms with E-state index >= 15 is 0 Å². The number of carbonyl (C=O) groups is 4. The molecule has 0 saturated carbocycles. The molecular formula is C71H138O17P2. The van der Waals surface area contributed by atoms with Gasteiger partial charge in [0, 0.05) is 25.7 Å². The number of carbonyl (C=O) groups excluding carboxylic acids is 4. The van der Waals surface area contributed by atoms with Crippen LogP contribution in [0.3, 0.4) is 0 Å². The minimum absolute atomic E-state index is 0.104. The highest BCUT2D eigenvalue weighted by Gasteiger charge is 2.30. The van der Waals surface area contributed by atoms with Gasteiger partial charge in [0.25, 0.3) is 0 Å². The Balaban J connectivity index is 5.24. The second kappa shape index (κ2) is 60.7. The summed E-state index contributed by atoms with van der Waals surface area (Å²) in [5.41, 5.74) is 0. The molecule has 0 aliphatic carbocycles. The molecule has 534 valence electrons. The van der Waals surface area contributed by atoms with Gasteiger partial charge in [-0.05, 0) is 49.4 Å². The standard InChI is InChI=1S/C71H138O17P2/c1-9-64(8)50-42-34-26-19-22-30-38-46-54-71(76)88-67(58-82-69(74)52-44-36-28-20-17-24-32-40-48-62(4)5)60-86-90(79,80)84-56-65(72)55-83-89(77,78)85-59-66(87-70(75)53-45-37-29-21-18-25-33-41-49-63(6)7)57-81-68(73)51-43-35-27-16-14-12-10-11-13-15-23-31-39-47-61(2)3/h61-67,72H,9-60H2,1-8H3,(H,77,78)(H,79,80)/t64?,65?,66-,67-/m1/s1. The van der Waals surface area contributed by atoms with Crippen molar-refractivity contribution in [3.05, 3.63) is 0 Å². The molecule has 17 nitrogen and oxygen atoms in total. The van der Waals surface area contributed by atoms with E-state index in [9.17, 15) is 43.2 Å². The third-order valence-corrected chi connectivity index (χ3v) is 18.6. The Morgan fingerprint density at radius 1 is 0.311 bits per heavy atom.